The Hall–Kier alpha value is -2.64. The Labute approximate surface area is 162 Å². The van der Waals surface area contributed by atoms with E-state index in [2.05, 4.69) is 9.80 Å². The highest BCUT2D eigenvalue weighted by molar-refractivity contribution is 6.30. The number of halogens is 1. The first-order chi connectivity index (χ1) is 13.0. The van der Waals surface area contributed by atoms with E-state index in [1.54, 1.807) is 36.4 Å². The molecule has 1 aliphatic rings. The summed E-state index contributed by atoms with van der Waals surface area (Å²) >= 11 is 5.88. The maximum atomic E-state index is 12.0. The highest BCUT2D eigenvalue weighted by atomic mass is 35.5. The summed E-state index contributed by atoms with van der Waals surface area (Å²) in [4.78, 5) is 26.8. The number of benzene rings is 2. The van der Waals surface area contributed by atoms with Gasteiger partial charge in [-0.2, -0.15) is 0 Å². The van der Waals surface area contributed by atoms with Crippen molar-refractivity contribution in [2.45, 2.75) is 0 Å². The summed E-state index contributed by atoms with van der Waals surface area (Å²) in [5, 5.41) is 11.2. The summed E-state index contributed by atoms with van der Waals surface area (Å²) in [5.41, 5.74) is 1.53. The molecule has 1 fully saturated rings. The molecule has 1 heterocycles. The number of non-ortho nitro benzene ring substituents is 1. The molecule has 0 aliphatic carbocycles. The summed E-state index contributed by atoms with van der Waals surface area (Å²) in [6.45, 7) is 4.31. The van der Waals surface area contributed by atoms with Crippen molar-refractivity contribution in [3.63, 3.8) is 0 Å². The van der Waals surface area contributed by atoms with Gasteiger partial charge in [0.15, 0.2) is 0 Å². The fourth-order valence-corrected chi connectivity index (χ4v) is 3.17. The monoisotopic (exact) mass is 389 g/mol. The molecule has 0 bridgehead atoms. The Morgan fingerprint density at radius 1 is 1.11 bits per heavy atom. The largest absolute Gasteiger partial charge is 0.461 e. The van der Waals surface area contributed by atoms with Crippen LogP contribution in [0.4, 0.5) is 11.4 Å². The van der Waals surface area contributed by atoms with Crippen LogP contribution in [0.5, 0.6) is 0 Å². The van der Waals surface area contributed by atoms with E-state index < -0.39 is 4.92 Å². The molecule has 0 spiro atoms. The molecule has 0 atom stereocenters. The second kappa shape index (κ2) is 8.83. The molecule has 0 aromatic heterocycles. The van der Waals surface area contributed by atoms with Crippen LogP contribution in [0, 0.1) is 10.1 Å². The first-order valence-corrected chi connectivity index (χ1v) is 9.05. The average Bonchev–Trinajstić information content (AvgIpc) is 2.68. The molecule has 0 radical (unpaired) electrons. The van der Waals surface area contributed by atoms with Crippen LogP contribution >= 0.6 is 11.6 Å². The standard InChI is InChI=1S/C19H20ClN3O4/c20-16-3-1-2-15(14-16)19(24)27-13-12-21-8-10-22(11-9-21)17-4-6-18(7-5-17)23(25)26/h1-7,14H,8-13H2. The normalized spacial score (nSPS) is 14.8. The van der Waals surface area contributed by atoms with Crippen LogP contribution in [0.15, 0.2) is 48.5 Å². The minimum Gasteiger partial charge on any atom is -0.461 e. The van der Waals surface area contributed by atoms with E-state index in [-0.39, 0.29) is 11.7 Å². The number of piperazine rings is 1. The molecule has 0 unspecified atom stereocenters. The molecule has 1 saturated heterocycles. The SMILES string of the molecule is O=C(OCCN1CCN(c2ccc([N+](=O)[O-])cc2)CC1)c1cccc(Cl)c1. The number of carbonyl (C=O) groups excluding carboxylic acids is 1. The van der Waals surface area contributed by atoms with Crippen LogP contribution in [-0.2, 0) is 4.74 Å². The predicted molar refractivity (Wildman–Crippen MR) is 103 cm³/mol. The lowest BCUT2D eigenvalue weighted by atomic mass is 10.2. The molecule has 3 rings (SSSR count). The highest BCUT2D eigenvalue weighted by Gasteiger charge is 2.18. The Balaban J connectivity index is 1.42. The van der Waals surface area contributed by atoms with E-state index in [0.717, 1.165) is 31.9 Å². The van der Waals surface area contributed by atoms with Gasteiger partial charge in [-0.1, -0.05) is 17.7 Å². The first kappa shape index (κ1) is 19.1. The maximum absolute atomic E-state index is 12.0. The zero-order valence-electron chi connectivity index (χ0n) is 14.7. The number of nitro groups is 1. The van der Waals surface area contributed by atoms with E-state index >= 15 is 0 Å². The van der Waals surface area contributed by atoms with Crippen molar-refractivity contribution in [2.75, 3.05) is 44.2 Å². The third kappa shape index (κ3) is 5.18. The van der Waals surface area contributed by atoms with Gasteiger partial charge < -0.3 is 9.64 Å². The average molecular weight is 390 g/mol. The van der Waals surface area contributed by atoms with Crippen LogP contribution in [0.3, 0.4) is 0 Å². The van der Waals surface area contributed by atoms with Crippen LogP contribution in [-0.4, -0.2) is 55.1 Å². The number of nitro benzene ring substituents is 1. The molecule has 0 amide bonds. The van der Waals surface area contributed by atoms with Crippen molar-refractivity contribution in [1.82, 2.24) is 4.90 Å². The molecule has 8 heteroatoms. The maximum Gasteiger partial charge on any atom is 0.338 e. The number of ether oxygens (including phenoxy) is 1. The number of hydrogen-bond acceptors (Lipinski definition) is 6. The molecular formula is C19H20ClN3O4. The molecular weight excluding hydrogens is 370 g/mol. The van der Waals surface area contributed by atoms with Crippen LogP contribution in [0.1, 0.15) is 10.4 Å². The lowest BCUT2D eigenvalue weighted by Crippen LogP contribution is -2.47. The fourth-order valence-electron chi connectivity index (χ4n) is 2.98. The van der Waals surface area contributed by atoms with Gasteiger partial charge in [0.25, 0.3) is 5.69 Å². The summed E-state index contributed by atoms with van der Waals surface area (Å²) < 4.78 is 5.32. The Kier molecular flexibility index (Phi) is 6.26. The minimum absolute atomic E-state index is 0.0962. The molecule has 7 nitrogen and oxygen atoms in total. The number of anilines is 1. The molecule has 1 aliphatic heterocycles. The van der Waals surface area contributed by atoms with Gasteiger partial charge in [-0.3, -0.25) is 15.0 Å². The van der Waals surface area contributed by atoms with Gasteiger partial charge >= 0.3 is 5.97 Å². The van der Waals surface area contributed by atoms with Gasteiger partial charge in [0.05, 0.1) is 10.5 Å². The zero-order valence-corrected chi connectivity index (χ0v) is 15.5. The molecule has 142 valence electrons. The second-order valence-electron chi connectivity index (χ2n) is 6.25. The third-order valence-electron chi connectivity index (χ3n) is 4.50. The number of nitrogens with zero attached hydrogens (tertiary/aromatic N) is 3. The summed E-state index contributed by atoms with van der Waals surface area (Å²) in [6.07, 6.45) is 0. The number of carbonyl (C=O) groups is 1. The number of rotatable bonds is 6. The quantitative estimate of drug-likeness (QED) is 0.429. The van der Waals surface area contributed by atoms with Crippen molar-refractivity contribution < 1.29 is 14.5 Å². The fraction of sp³-hybridized carbons (Fsp3) is 0.316. The second-order valence-corrected chi connectivity index (χ2v) is 6.68. The van der Waals surface area contributed by atoms with Crippen molar-refractivity contribution in [3.8, 4) is 0 Å². The summed E-state index contributed by atoms with van der Waals surface area (Å²) in [7, 11) is 0. The van der Waals surface area contributed by atoms with E-state index in [4.69, 9.17) is 16.3 Å². The Bertz CT molecular complexity index is 805. The van der Waals surface area contributed by atoms with Gasteiger partial charge in [-0.15, -0.1) is 0 Å². The lowest BCUT2D eigenvalue weighted by molar-refractivity contribution is -0.384. The first-order valence-electron chi connectivity index (χ1n) is 8.67. The van der Waals surface area contributed by atoms with Crippen LogP contribution in [0.25, 0.3) is 0 Å². The van der Waals surface area contributed by atoms with E-state index in [1.807, 2.05) is 0 Å². The molecule has 0 N–H and O–H groups in total. The molecule has 2 aromatic rings. The van der Waals surface area contributed by atoms with E-state index in [9.17, 15) is 14.9 Å². The number of hydrogen-bond donors (Lipinski definition) is 0. The Morgan fingerprint density at radius 2 is 1.81 bits per heavy atom. The van der Waals surface area contributed by atoms with E-state index in [0.29, 0.717) is 23.7 Å². The third-order valence-corrected chi connectivity index (χ3v) is 4.73. The van der Waals surface area contributed by atoms with Crippen molar-refractivity contribution in [3.05, 3.63) is 69.2 Å². The highest BCUT2D eigenvalue weighted by Crippen LogP contribution is 2.20. The van der Waals surface area contributed by atoms with Gasteiger partial charge in [0, 0.05) is 55.6 Å². The van der Waals surface area contributed by atoms with Gasteiger partial charge in [0.2, 0.25) is 0 Å². The van der Waals surface area contributed by atoms with Crippen molar-refractivity contribution in [1.29, 1.82) is 0 Å². The topological polar surface area (TPSA) is 75.9 Å². The van der Waals surface area contributed by atoms with Gasteiger partial charge in [0.1, 0.15) is 6.61 Å². The van der Waals surface area contributed by atoms with Crippen molar-refractivity contribution in [2.24, 2.45) is 0 Å². The molecule has 2 aromatic carbocycles. The molecule has 0 saturated carbocycles. The van der Waals surface area contributed by atoms with Gasteiger partial charge in [-0.25, -0.2) is 4.79 Å². The smallest absolute Gasteiger partial charge is 0.338 e. The van der Waals surface area contributed by atoms with E-state index in [1.165, 1.54) is 12.1 Å². The molecule has 27 heavy (non-hydrogen) atoms. The van der Waals surface area contributed by atoms with Gasteiger partial charge in [-0.05, 0) is 30.3 Å². The number of esters is 1. The Morgan fingerprint density at radius 3 is 2.44 bits per heavy atom. The summed E-state index contributed by atoms with van der Waals surface area (Å²) in [5.74, 6) is -0.373. The zero-order chi connectivity index (χ0) is 19.2. The van der Waals surface area contributed by atoms with Crippen LogP contribution in [0.2, 0.25) is 5.02 Å². The minimum atomic E-state index is -0.396. The summed E-state index contributed by atoms with van der Waals surface area (Å²) in [6, 6.07) is 13.3. The predicted octanol–water partition coefficient (Wildman–Crippen LogP) is 3.23. The van der Waals surface area contributed by atoms with Crippen molar-refractivity contribution >= 4 is 28.9 Å². The van der Waals surface area contributed by atoms with Crippen LogP contribution < -0.4 is 4.90 Å². The lowest BCUT2D eigenvalue weighted by Gasteiger charge is -2.35.